The minimum atomic E-state index is 0.585. The molecular formula is C15H20BrN3. The monoisotopic (exact) mass is 321 g/mol. The number of hydrogen-bond acceptors (Lipinski definition) is 3. The van der Waals surface area contributed by atoms with Gasteiger partial charge in [-0.1, -0.05) is 29.8 Å². The fourth-order valence-corrected chi connectivity index (χ4v) is 2.55. The zero-order valence-corrected chi connectivity index (χ0v) is 13.5. The highest BCUT2D eigenvalue weighted by Gasteiger charge is 2.12. The van der Waals surface area contributed by atoms with Crippen LogP contribution in [-0.2, 0) is 6.42 Å². The van der Waals surface area contributed by atoms with E-state index in [0.717, 1.165) is 39.6 Å². The predicted octanol–water partition coefficient (Wildman–Crippen LogP) is 4.18. The van der Waals surface area contributed by atoms with Gasteiger partial charge in [0.05, 0.1) is 5.52 Å². The Balaban J connectivity index is 2.54. The third-order valence-corrected chi connectivity index (χ3v) is 4.58. The van der Waals surface area contributed by atoms with Crippen LogP contribution in [0.5, 0.6) is 0 Å². The molecule has 1 aromatic carbocycles. The molecular weight excluding hydrogens is 302 g/mol. The van der Waals surface area contributed by atoms with Crippen molar-refractivity contribution in [2.45, 2.75) is 40.5 Å². The van der Waals surface area contributed by atoms with Crippen LogP contribution < -0.4 is 5.73 Å². The van der Waals surface area contributed by atoms with E-state index in [1.807, 2.05) is 6.92 Å². The van der Waals surface area contributed by atoms with Crippen LogP contribution in [0, 0.1) is 19.8 Å². The Kier molecular flexibility index (Phi) is 4.09. The molecule has 2 rings (SSSR count). The highest BCUT2D eigenvalue weighted by atomic mass is 79.9. The summed E-state index contributed by atoms with van der Waals surface area (Å²) in [5.41, 5.74) is 9.35. The van der Waals surface area contributed by atoms with E-state index < -0.39 is 0 Å². The van der Waals surface area contributed by atoms with Gasteiger partial charge in [0.1, 0.15) is 11.6 Å². The summed E-state index contributed by atoms with van der Waals surface area (Å²) in [4.78, 5) is 9.11. The topological polar surface area (TPSA) is 51.8 Å². The van der Waals surface area contributed by atoms with Gasteiger partial charge in [-0.15, -0.1) is 0 Å². The zero-order valence-electron chi connectivity index (χ0n) is 11.9. The van der Waals surface area contributed by atoms with Crippen LogP contribution in [0.3, 0.4) is 0 Å². The number of halogens is 1. The molecule has 1 aromatic heterocycles. The maximum absolute atomic E-state index is 6.11. The van der Waals surface area contributed by atoms with Crippen LogP contribution in [0.4, 0.5) is 5.82 Å². The molecule has 0 atom stereocenters. The molecule has 0 bridgehead atoms. The van der Waals surface area contributed by atoms with E-state index in [1.165, 1.54) is 5.56 Å². The summed E-state index contributed by atoms with van der Waals surface area (Å²) in [6, 6.07) is 2.07. The lowest BCUT2D eigenvalue weighted by Gasteiger charge is -2.11. The maximum Gasteiger partial charge on any atom is 0.135 e. The smallest absolute Gasteiger partial charge is 0.135 e. The molecule has 0 saturated heterocycles. The second kappa shape index (κ2) is 5.45. The molecule has 102 valence electrons. The molecule has 3 nitrogen and oxygen atoms in total. The zero-order chi connectivity index (χ0) is 14.2. The average molecular weight is 322 g/mol. The Morgan fingerprint density at radius 1 is 1.26 bits per heavy atom. The van der Waals surface area contributed by atoms with Gasteiger partial charge in [-0.25, -0.2) is 9.97 Å². The van der Waals surface area contributed by atoms with Gasteiger partial charge in [0.15, 0.2) is 0 Å². The van der Waals surface area contributed by atoms with Crippen molar-refractivity contribution in [3.05, 3.63) is 27.5 Å². The van der Waals surface area contributed by atoms with Crippen molar-refractivity contribution in [3.63, 3.8) is 0 Å². The summed E-state index contributed by atoms with van der Waals surface area (Å²) >= 11 is 3.59. The molecule has 0 radical (unpaired) electrons. The van der Waals surface area contributed by atoms with Gasteiger partial charge in [0.2, 0.25) is 0 Å². The molecule has 4 heteroatoms. The third kappa shape index (κ3) is 2.89. The lowest BCUT2D eigenvalue weighted by atomic mass is 10.1. The van der Waals surface area contributed by atoms with Gasteiger partial charge in [-0.2, -0.15) is 0 Å². The number of nitrogens with zero attached hydrogens (tertiary/aromatic N) is 2. The third-order valence-electron chi connectivity index (χ3n) is 3.36. The van der Waals surface area contributed by atoms with E-state index in [2.05, 4.69) is 52.7 Å². The first-order valence-electron chi connectivity index (χ1n) is 6.62. The van der Waals surface area contributed by atoms with Crippen LogP contribution in [0.1, 0.15) is 37.2 Å². The molecule has 0 fully saturated rings. The number of benzene rings is 1. The van der Waals surface area contributed by atoms with Crippen molar-refractivity contribution in [1.29, 1.82) is 0 Å². The standard InChI is InChI=1S/C15H20BrN3/c1-8(2)5-6-12-18-11-7-9(3)14(16)10(4)13(11)15(17)19-12/h7-8H,5-6H2,1-4H3,(H2,17,18,19). The summed E-state index contributed by atoms with van der Waals surface area (Å²) in [7, 11) is 0. The molecule has 0 saturated carbocycles. The number of anilines is 1. The van der Waals surface area contributed by atoms with Crippen molar-refractivity contribution < 1.29 is 0 Å². The lowest BCUT2D eigenvalue weighted by Crippen LogP contribution is -2.04. The Bertz CT molecular complexity index is 621. The molecule has 0 aliphatic carbocycles. The van der Waals surface area contributed by atoms with Crippen molar-refractivity contribution >= 4 is 32.7 Å². The number of nitrogens with two attached hydrogens (primary N) is 1. The van der Waals surface area contributed by atoms with E-state index in [4.69, 9.17) is 5.73 Å². The van der Waals surface area contributed by atoms with Gasteiger partial charge in [0.25, 0.3) is 0 Å². The van der Waals surface area contributed by atoms with Crippen molar-refractivity contribution in [1.82, 2.24) is 9.97 Å². The normalized spacial score (nSPS) is 11.5. The van der Waals surface area contributed by atoms with Crippen LogP contribution in [0.25, 0.3) is 10.9 Å². The number of aryl methyl sites for hydroxylation is 3. The van der Waals surface area contributed by atoms with Gasteiger partial charge >= 0.3 is 0 Å². The molecule has 0 amide bonds. The fourth-order valence-electron chi connectivity index (χ4n) is 2.24. The number of fused-ring (bicyclic) bond motifs is 1. The van der Waals surface area contributed by atoms with Crippen LogP contribution >= 0.6 is 15.9 Å². The largest absolute Gasteiger partial charge is 0.383 e. The van der Waals surface area contributed by atoms with Gasteiger partial charge in [-0.05, 0) is 43.4 Å². The van der Waals surface area contributed by atoms with Crippen molar-refractivity contribution in [3.8, 4) is 0 Å². The second-order valence-electron chi connectivity index (χ2n) is 5.48. The van der Waals surface area contributed by atoms with E-state index in [1.54, 1.807) is 0 Å². The highest BCUT2D eigenvalue weighted by molar-refractivity contribution is 9.10. The average Bonchev–Trinajstić information content (AvgIpc) is 2.33. The van der Waals surface area contributed by atoms with Crippen LogP contribution in [0.2, 0.25) is 0 Å². The number of aromatic nitrogens is 2. The van der Waals surface area contributed by atoms with Gasteiger partial charge < -0.3 is 5.73 Å². The minimum Gasteiger partial charge on any atom is -0.383 e. The first-order chi connectivity index (χ1) is 8.90. The molecule has 0 aliphatic rings. The lowest BCUT2D eigenvalue weighted by molar-refractivity contribution is 0.576. The predicted molar refractivity (Wildman–Crippen MR) is 84.3 cm³/mol. The second-order valence-corrected chi connectivity index (χ2v) is 6.28. The SMILES string of the molecule is Cc1cc2nc(CCC(C)C)nc(N)c2c(C)c1Br. The summed E-state index contributed by atoms with van der Waals surface area (Å²) < 4.78 is 1.09. The van der Waals surface area contributed by atoms with E-state index in [9.17, 15) is 0 Å². The molecule has 0 unspecified atom stereocenters. The molecule has 2 N–H and O–H groups in total. The molecule has 0 spiro atoms. The first kappa shape index (κ1) is 14.3. The summed E-state index contributed by atoms with van der Waals surface area (Å²) in [5, 5.41) is 0.964. The Hall–Kier alpha value is -1.16. The summed E-state index contributed by atoms with van der Waals surface area (Å²) in [6.45, 7) is 8.53. The highest BCUT2D eigenvalue weighted by Crippen LogP contribution is 2.31. The summed E-state index contributed by atoms with van der Waals surface area (Å²) in [5.74, 6) is 2.08. The maximum atomic E-state index is 6.11. The molecule has 0 aliphatic heterocycles. The first-order valence-corrected chi connectivity index (χ1v) is 7.41. The Labute approximate surface area is 122 Å². The van der Waals surface area contributed by atoms with Crippen molar-refractivity contribution in [2.75, 3.05) is 5.73 Å². The van der Waals surface area contributed by atoms with E-state index >= 15 is 0 Å². The molecule has 19 heavy (non-hydrogen) atoms. The van der Waals surface area contributed by atoms with E-state index in [0.29, 0.717) is 11.7 Å². The number of rotatable bonds is 3. The van der Waals surface area contributed by atoms with Crippen molar-refractivity contribution in [2.24, 2.45) is 5.92 Å². The minimum absolute atomic E-state index is 0.585. The quantitative estimate of drug-likeness (QED) is 0.922. The number of nitrogen functional groups attached to an aromatic ring is 1. The molecule has 1 heterocycles. The molecule has 2 aromatic rings. The van der Waals surface area contributed by atoms with Gasteiger partial charge in [-0.3, -0.25) is 0 Å². The van der Waals surface area contributed by atoms with Crippen LogP contribution in [-0.4, -0.2) is 9.97 Å². The number of hydrogen-bond donors (Lipinski definition) is 1. The van der Waals surface area contributed by atoms with E-state index in [-0.39, 0.29) is 0 Å². The Morgan fingerprint density at radius 3 is 2.58 bits per heavy atom. The Morgan fingerprint density at radius 2 is 1.95 bits per heavy atom. The van der Waals surface area contributed by atoms with Crippen LogP contribution in [0.15, 0.2) is 10.5 Å². The summed E-state index contributed by atoms with van der Waals surface area (Å²) in [6.07, 6.45) is 1.96. The van der Waals surface area contributed by atoms with Gasteiger partial charge in [0, 0.05) is 16.3 Å². The fraction of sp³-hybridized carbons (Fsp3) is 0.467.